The quantitative estimate of drug-likeness (QED) is 0.414. The normalized spacial score (nSPS) is 11.5. The monoisotopic (exact) mass is 353 g/mol. The van der Waals surface area contributed by atoms with Crippen molar-refractivity contribution in [3.8, 4) is 5.75 Å². The Bertz CT molecular complexity index is 668. The topological polar surface area (TPSA) is 44.8 Å². The van der Waals surface area contributed by atoms with Crippen LogP contribution in [-0.4, -0.2) is 51.8 Å². The van der Waals surface area contributed by atoms with E-state index in [0.29, 0.717) is 13.2 Å². The minimum Gasteiger partial charge on any atom is -0.497 e. The third kappa shape index (κ3) is 5.68. The van der Waals surface area contributed by atoms with Gasteiger partial charge in [-0.2, -0.15) is 0 Å². The molecule has 0 bridgehead atoms. The molecular weight excluding hydrogens is 330 g/mol. The van der Waals surface area contributed by atoms with E-state index < -0.39 is 8.15 Å². The van der Waals surface area contributed by atoms with Gasteiger partial charge in [0.25, 0.3) is 0 Å². The summed E-state index contributed by atoms with van der Waals surface area (Å²) in [7, 11) is 1.81. The molecule has 2 aromatic carbocycles. The fourth-order valence-corrected chi connectivity index (χ4v) is 4.17. The molecule has 0 spiro atoms. The Balaban J connectivity index is 0.00000312. The molecule has 0 saturated heterocycles. The summed E-state index contributed by atoms with van der Waals surface area (Å²) in [6.07, 6.45) is 0. The maximum atomic E-state index is 13.2. The first kappa shape index (κ1) is 21.9. The Hall–Kier alpha value is -1.14. The molecule has 1 atom stereocenters. The van der Waals surface area contributed by atoms with Crippen molar-refractivity contribution in [3.63, 3.8) is 0 Å². The molecule has 0 saturated carbocycles. The predicted octanol–water partition coefficient (Wildman–Crippen LogP) is 3.46. The average Bonchev–Trinajstić information content (AvgIpc) is 2.59. The van der Waals surface area contributed by atoms with E-state index in [2.05, 4.69) is 0 Å². The molecule has 2 aromatic rings. The van der Waals surface area contributed by atoms with Crippen molar-refractivity contribution in [1.82, 2.24) is 0 Å². The van der Waals surface area contributed by atoms with Crippen LogP contribution >= 0.6 is 8.15 Å². The fourth-order valence-electron chi connectivity index (χ4n) is 2.43. The van der Waals surface area contributed by atoms with Gasteiger partial charge in [0.2, 0.25) is 5.52 Å². The van der Waals surface area contributed by atoms with Gasteiger partial charge in [0, 0.05) is 36.8 Å². The number of hydrogen-bond donors (Lipinski definition) is 0. The molecule has 1 unspecified atom stereocenters. The molecule has 4 nitrogen and oxygen atoms in total. The molecule has 0 amide bonds. The van der Waals surface area contributed by atoms with Gasteiger partial charge in [-0.15, -0.1) is 0 Å². The van der Waals surface area contributed by atoms with Gasteiger partial charge in [0.05, 0.1) is 20.3 Å². The van der Waals surface area contributed by atoms with E-state index in [1.165, 1.54) is 0 Å². The molecule has 0 heterocycles. The number of methoxy groups -OCH3 is 2. The first-order valence-corrected chi connectivity index (χ1v) is 9.01. The number of aryl methyl sites for hydroxylation is 2. The fraction of sp³-hybridized carbons (Fsp3) is 0.316. The van der Waals surface area contributed by atoms with Gasteiger partial charge >= 0.3 is 0 Å². The van der Waals surface area contributed by atoms with E-state index in [1.807, 2.05) is 56.3 Å². The van der Waals surface area contributed by atoms with Crippen LogP contribution in [0.15, 0.2) is 42.5 Å². The number of rotatable bonds is 8. The standard InChI is InChI=1S/C19H23O4P.Li/c1-14-6-5-7-15(2)18(14)19(20)24(23-13-12-21-3)17-10-8-16(22-4)9-11-17;/h5-11H,12-13H2,1-4H3;. The van der Waals surface area contributed by atoms with Crippen LogP contribution < -0.4 is 10.0 Å². The minimum atomic E-state index is -1.43. The van der Waals surface area contributed by atoms with E-state index in [1.54, 1.807) is 14.2 Å². The van der Waals surface area contributed by atoms with E-state index in [-0.39, 0.29) is 24.4 Å². The predicted molar refractivity (Wildman–Crippen MR) is 103 cm³/mol. The number of benzene rings is 2. The second-order valence-electron chi connectivity index (χ2n) is 5.39. The van der Waals surface area contributed by atoms with Gasteiger partial charge in [0.15, 0.2) is 0 Å². The average molecular weight is 353 g/mol. The van der Waals surface area contributed by atoms with Crippen LogP contribution in [0.25, 0.3) is 0 Å². The summed E-state index contributed by atoms with van der Waals surface area (Å²) in [5.74, 6) is 0.755. The summed E-state index contributed by atoms with van der Waals surface area (Å²) < 4.78 is 16.2. The molecule has 0 aliphatic heterocycles. The van der Waals surface area contributed by atoms with Crippen LogP contribution in [0.3, 0.4) is 0 Å². The Morgan fingerprint density at radius 2 is 1.56 bits per heavy atom. The van der Waals surface area contributed by atoms with Crippen LogP contribution in [0.5, 0.6) is 5.75 Å². The van der Waals surface area contributed by atoms with Crippen molar-refractivity contribution < 1.29 is 18.8 Å². The molecule has 2 rings (SSSR count). The number of carbonyl (C=O) groups is 1. The molecule has 0 aliphatic carbocycles. The van der Waals surface area contributed by atoms with Crippen LogP contribution in [0, 0.1) is 13.8 Å². The zero-order valence-electron chi connectivity index (χ0n) is 15.5. The van der Waals surface area contributed by atoms with E-state index >= 15 is 0 Å². The van der Waals surface area contributed by atoms with Gasteiger partial charge in [-0.1, -0.05) is 18.2 Å². The van der Waals surface area contributed by atoms with Crippen LogP contribution in [0.4, 0.5) is 0 Å². The van der Waals surface area contributed by atoms with Gasteiger partial charge in [-0.05, 0) is 49.2 Å². The third-order valence-corrected chi connectivity index (χ3v) is 5.49. The first-order valence-electron chi connectivity index (χ1n) is 7.75. The molecule has 0 fully saturated rings. The summed E-state index contributed by atoms with van der Waals surface area (Å²) >= 11 is 0. The number of carbonyl (C=O) groups excluding carboxylic acids is 1. The van der Waals surface area contributed by atoms with E-state index in [9.17, 15) is 4.79 Å². The first-order chi connectivity index (χ1) is 11.6. The van der Waals surface area contributed by atoms with Crippen molar-refractivity contribution in [2.45, 2.75) is 13.8 Å². The number of hydrogen-bond acceptors (Lipinski definition) is 4. The summed E-state index contributed by atoms with van der Waals surface area (Å²) in [6.45, 7) is 4.74. The van der Waals surface area contributed by atoms with E-state index in [4.69, 9.17) is 14.0 Å². The smallest absolute Gasteiger partial charge is 0.216 e. The maximum Gasteiger partial charge on any atom is 0.216 e. The number of ether oxygens (including phenoxy) is 2. The third-order valence-electron chi connectivity index (χ3n) is 3.69. The Labute approximate surface area is 162 Å². The summed E-state index contributed by atoms with van der Waals surface area (Å²) in [6, 6.07) is 13.4. The molecular formula is C19H23LiO4P. The van der Waals surface area contributed by atoms with Gasteiger partial charge in [0.1, 0.15) is 13.9 Å². The Morgan fingerprint density at radius 3 is 2.08 bits per heavy atom. The minimum absolute atomic E-state index is 0. The van der Waals surface area contributed by atoms with Crippen molar-refractivity contribution in [2.75, 3.05) is 27.4 Å². The van der Waals surface area contributed by atoms with Gasteiger partial charge in [-0.3, -0.25) is 4.79 Å². The summed E-state index contributed by atoms with van der Waals surface area (Å²) in [5.41, 5.74) is 2.71. The van der Waals surface area contributed by atoms with Crippen LogP contribution in [0.2, 0.25) is 0 Å². The molecule has 129 valence electrons. The molecule has 25 heavy (non-hydrogen) atoms. The van der Waals surface area contributed by atoms with Gasteiger partial charge < -0.3 is 14.0 Å². The molecule has 0 aromatic heterocycles. The zero-order valence-corrected chi connectivity index (χ0v) is 16.4. The van der Waals surface area contributed by atoms with Crippen molar-refractivity contribution in [3.05, 3.63) is 59.2 Å². The van der Waals surface area contributed by atoms with Crippen molar-refractivity contribution in [1.29, 1.82) is 0 Å². The maximum absolute atomic E-state index is 13.2. The molecule has 6 heteroatoms. The van der Waals surface area contributed by atoms with Crippen molar-refractivity contribution in [2.24, 2.45) is 0 Å². The van der Waals surface area contributed by atoms with Crippen LogP contribution in [0.1, 0.15) is 21.5 Å². The Kier molecular flexibility index (Phi) is 9.43. The zero-order chi connectivity index (χ0) is 17.5. The van der Waals surface area contributed by atoms with Gasteiger partial charge in [-0.25, -0.2) is 0 Å². The largest absolute Gasteiger partial charge is 0.497 e. The second-order valence-corrected chi connectivity index (χ2v) is 7.16. The second kappa shape index (κ2) is 10.8. The summed E-state index contributed by atoms with van der Waals surface area (Å²) in [4.78, 5) is 13.2. The Morgan fingerprint density at radius 1 is 0.960 bits per heavy atom. The molecule has 0 N–H and O–H groups in total. The van der Waals surface area contributed by atoms with E-state index in [0.717, 1.165) is 27.7 Å². The molecule has 1 radical (unpaired) electrons. The molecule has 0 aliphatic rings. The summed E-state index contributed by atoms with van der Waals surface area (Å²) in [5, 5.41) is 0.870. The van der Waals surface area contributed by atoms with Crippen molar-refractivity contribution >= 4 is 37.8 Å². The SMILES string of the molecule is COCCOP(C(=O)c1c(C)cccc1C)c1ccc(OC)cc1.[Li]. The van der Waals surface area contributed by atoms with Crippen LogP contribution in [-0.2, 0) is 9.26 Å².